The van der Waals surface area contributed by atoms with Crippen LogP contribution in [0.1, 0.15) is 95.6 Å². The summed E-state index contributed by atoms with van der Waals surface area (Å²) in [6, 6.07) is 85.7. The Morgan fingerprint density at radius 3 is 1.19 bits per heavy atom. The predicted octanol–water partition coefficient (Wildman–Crippen LogP) is 14.6. The molecular formula is C95H78N8O12S4. The molecule has 11 aromatic carbocycles. The number of carbonyl (C=O) groups excluding carboxylic acids is 3. The summed E-state index contributed by atoms with van der Waals surface area (Å²) in [4.78, 5) is 74.6. The van der Waals surface area contributed by atoms with E-state index in [1.54, 1.807) is 136 Å². The molecule has 0 radical (unpaired) electrons. The highest BCUT2D eigenvalue weighted by molar-refractivity contribution is 7.92. The number of nitrogens with zero attached hydrogens (tertiary/aromatic N) is 8. The molecule has 0 aliphatic carbocycles. The van der Waals surface area contributed by atoms with Gasteiger partial charge in [-0.1, -0.05) is 200 Å². The largest absolute Gasteiger partial charge is 0.466 e. The Hall–Kier alpha value is -12.8. The molecule has 18 rings (SSSR count). The van der Waals surface area contributed by atoms with Crippen molar-refractivity contribution >= 4 is 76.3 Å². The van der Waals surface area contributed by atoms with Crippen LogP contribution in [0.3, 0.4) is 0 Å². The standard InChI is InChI=1S/C95H78N8O12S4/c1-63-32-36-68(37-33-63)86-99-95(58-67-21-17-24-71(53-67)73-41-43-76-62-102(46-50-118(109,110)78-27-10-4-11-28-78)90(104)93(56-64-18-6-2-7-19-64)85(82(76)55-73)115-88(100-93)89-97-44-48-116-89)84(114-86)81-54-72(40-42-75(81)61-103(92(95)106)47-51-119(111,112)79-29-12-5-13-30-79)70-23-16-20-66(52-70)57-94-83(113-87(98-94)69-38-34-65(59-96)35-39-69)80-31-15-14-22-74(80)60-101(91(94)105)45-49-117(107,108)77-25-8-3-9-26-77/h2-44,48,52-55,83-85H,45-47,49-51,56-58,60-62H2,1H3/t83-,84-,85-,93-,94-,95-/m0/s1. The second kappa shape index (κ2) is 31.3. The van der Waals surface area contributed by atoms with Crippen molar-refractivity contribution < 1.29 is 53.8 Å². The summed E-state index contributed by atoms with van der Waals surface area (Å²) in [5, 5.41) is 12.1. The average Bonchev–Trinajstić information content (AvgIpc) is 1.58. The molecule has 1 aromatic heterocycles. The number of carbonyl (C=O) groups is 3. The van der Waals surface area contributed by atoms with Crippen molar-refractivity contribution in [2.24, 2.45) is 15.0 Å². The van der Waals surface area contributed by atoms with E-state index < -0.39 is 87.9 Å². The normalized spacial score (nSPS) is 20.6. The first-order valence-corrected chi connectivity index (χ1v) is 45.0. The van der Waals surface area contributed by atoms with Gasteiger partial charge in [0.25, 0.3) is 17.7 Å². The van der Waals surface area contributed by atoms with E-state index in [-0.39, 0.29) is 102 Å². The van der Waals surface area contributed by atoms with E-state index in [0.29, 0.717) is 60.6 Å². The molecule has 6 aliphatic rings. The molecule has 12 aromatic rings. The monoisotopic (exact) mass is 1650 g/mol. The molecule has 594 valence electrons. The first-order chi connectivity index (χ1) is 57.6. The van der Waals surface area contributed by atoms with Gasteiger partial charge in [0.15, 0.2) is 69.4 Å². The van der Waals surface area contributed by atoms with Gasteiger partial charge in [0.05, 0.1) is 43.6 Å². The van der Waals surface area contributed by atoms with Gasteiger partial charge in [0.2, 0.25) is 17.7 Å². The van der Waals surface area contributed by atoms with E-state index in [2.05, 4.69) is 11.1 Å². The fourth-order valence-electron chi connectivity index (χ4n) is 17.2. The molecular weight excluding hydrogens is 1570 g/mol. The lowest BCUT2D eigenvalue weighted by Gasteiger charge is -2.33. The summed E-state index contributed by atoms with van der Waals surface area (Å²) < 4.78 is 106. The summed E-state index contributed by atoms with van der Waals surface area (Å²) in [6.07, 6.45) is -1.45. The van der Waals surface area contributed by atoms with Crippen molar-refractivity contribution in [2.75, 3.05) is 36.9 Å². The van der Waals surface area contributed by atoms with E-state index in [1.807, 2.05) is 176 Å². The first kappa shape index (κ1) is 77.4. The lowest BCUT2D eigenvalue weighted by atomic mass is 9.80. The van der Waals surface area contributed by atoms with E-state index in [1.165, 1.54) is 11.3 Å². The van der Waals surface area contributed by atoms with Crippen molar-refractivity contribution in [1.29, 1.82) is 5.26 Å². The van der Waals surface area contributed by atoms with Crippen molar-refractivity contribution in [3.63, 3.8) is 0 Å². The minimum atomic E-state index is -3.97. The van der Waals surface area contributed by atoms with Crippen LogP contribution in [0.4, 0.5) is 0 Å². The molecule has 3 amide bonds. The van der Waals surface area contributed by atoms with Crippen LogP contribution in [0.5, 0.6) is 0 Å². The lowest BCUT2D eigenvalue weighted by Crippen LogP contribution is -2.50. The van der Waals surface area contributed by atoms with Crippen LogP contribution in [-0.2, 0) is 97.0 Å². The van der Waals surface area contributed by atoms with Gasteiger partial charge in [-0.2, -0.15) is 5.26 Å². The number of thiazole rings is 1. The first-order valence-electron chi connectivity index (χ1n) is 39.2. The zero-order valence-corrected chi connectivity index (χ0v) is 67.8. The topological polar surface area (TPSA) is 265 Å². The van der Waals surface area contributed by atoms with Crippen molar-refractivity contribution in [3.05, 3.63) is 368 Å². The molecule has 24 heteroatoms. The Morgan fingerprint density at radius 2 is 0.756 bits per heavy atom. The number of nitriles is 1. The number of fused-ring (bicyclic) bond motifs is 9. The number of ether oxygens (including phenoxy) is 3. The second-order valence-corrected chi connectivity index (χ2v) is 38.2. The molecule has 119 heavy (non-hydrogen) atoms. The quantitative estimate of drug-likeness (QED) is 0.0576. The maximum atomic E-state index is 16.7. The highest BCUT2D eigenvalue weighted by Gasteiger charge is 2.60. The van der Waals surface area contributed by atoms with Crippen LogP contribution in [0.15, 0.2) is 320 Å². The molecule has 7 heterocycles. The Kier molecular flexibility index (Phi) is 20.3. The van der Waals surface area contributed by atoms with Gasteiger partial charge < -0.3 is 28.9 Å². The molecule has 0 N–H and O–H groups in total. The molecule has 0 saturated carbocycles. The van der Waals surface area contributed by atoms with Gasteiger partial charge in [-0.05, 0) is 147 Å². The average molecular weight is 1650 g/mol. The lowest BCUT2D eigenvalue weighted by molar-refractivity contribution is -0.140. The predicted molar refractivity (Wildman–Crippen MR) is 453 cm³/mol. The highest BCUT2D eigenvalue weighted by Crippen LogP contribution is 2.52. The fourth-order valence-corrected chi connectivity index (χ4v) is 21.6. The number of aryl methyl sites for hydroxylation is 1. The molecule has 0 fully saturated rings. The Balaban J connectivity index is 0.739. The van der Waals surface area contributed by atoms with Crippen LogP contribution in [-0.4, -0.2) is 134 Å². The van der Waals surface area contributed by atoms with Crippen molar-refractivity contribution in [1.82, 2.24) is 19.7 Å². The summed E-state index contributed by atoms with van der Waals surface area (Å²) in [6.45, 7) is 1.56. The van der Waals surface area contributed by atoms with Crippen LogP contribution < -0.4 is 0 Å². The van der Waals surface area contributed by atoms with Crippen molar-refractivity contribution in [2.45, 2.75) is 95.4 Å². The van der Waals surface area contributed by atoms with E-state index in [0.717, 1.165) is 38.9 Å². The minimum Gasteiger partial charge on any atom is -0.466 e. The molecule has 0 bridgehead atoms. The van der Waals surface area contributed by atoms with Gasteiger partial charge in [-0.3, -0.25) is 14.4 Å². The molecule has 6 aliphatic heterocycles. The number of sulfone groups is 3. The fraction of sp³-hybridized carbons (Fsp3) is 0.200. The zero-order chi connectivity index (χ0) is 81.8. The summed E-state index contributed by atoms with van der Waals surface area (Å²) in [5.74, 6) is -1.87. The maximum Gasteiger partial charge on any atom is 0.255 e. The third kappa shape index (κ3) is 14.8. The van der Waals surface area contributed by atoms with Gasteiger partial charge in [-0.15, -0.1) is 11.3 Å². The number of hydrogen-bond donors (Lipinski definition) is 0. The third-order valence-electron chi connectivity index (χ3n) is 23.3. The molecule has 0 unspecified atom stereocenters. The van der Waals surface area contributed by atoms with Crippen molar-refractivity contribution in [3.8, 4) is 28.3 Å². The maximum absolute atomic E-state index is 16.7. The number of rotatable bonds is 23. The number of aliphatic imine (C=N–C) groups is 3. The van der Waals surface area contributed by atoms with Crippen LogP contribution in [0.25, 0.3) is 22.3 Å². The SMILES string of the molecule is Cc1ccc(C2=N[C@]3(Cc4cccc(-c5ccc6c(c5)[C@@H]5OC(c7nccs7)=N[C@]5(Cc5ccccc5)C(=O)N(CCS(=O)(=O)c5ccccc5)C6)c4)C(=O)N(CCS(=O)(=O)c4ccccc4)Cc4ccc(-c5cccc(C[C@]67N=C(c8ccc(C#N)cc8)O[C@H]6c6ccccc6CN(CCS(=O)(=O)c6ccccc6)C7=O)c5)cc4[C@@H]3O2)cc1. The Morgan fingerprint density at radius 1 is 0.395 bits per heavy atom. The Labute approximate surface area is 693 Å². The van der Waals surface area contributed by atoms with E-state index in [9.17, 15) is 30.5 Å². The molecule has 0 saturated heterocycles. The molecule has 20 nitrogen and oxygen atoms in total. The number of aromatic nitrogens is 1. The molecule has 0 spiro atoms. The summed E-state index contributed by atoms with van der Waals surface area (Å²) in [7, 11) is -11.7. The number of hydrogen-bond acceptors (Lipinski definition) is 18. The van der Waals surface area contributed by atoms with Gasteiger partial charge in [-0.25, -0.2) is 45.2 Å². The Bertz CT molecular complexity index is 6490. The van der Waals surface area contributed by atoms with E-state index in [4.69, 9.17) is 29.2 Å². The van der Waals surface area contributed by atoms with Crippen LogP contribution in [0, 0.1) is 18.3 Å². The molecule has 6 atom stereocenters. The van der Waals surface area contributed by atoms with Gasteiger partial charge in [0, 0.05) is 97.9 Å². The summed E-state index contributed by atoms with van der Waals surface area (Å²) in [5.41, 5.74) is 6.60. The minimum absolute atomic E-state index is 0.0120. The second-order valence-electron chi connectivity index (χ2n) is 30.9. The number of amides is 3. The van der Waals surface area contributed by atoms with Gasteiger partial charge >= 0.3 is 0 Å². The van der Waals surface area contributed by atoms with E-state index >= 15 is 14.4 Å². The van der Waals surface area contributed by atoms with Crippen LogP contribution in [0.2, 0.25) is 0 Å². The smallest absolute Gasteiger partial charge is 0.255 e. The summed E-state index contributed by atoms with van der Waals surface area (Å²) >= 11 is 1.32. The van der Waals surface area contributed by atoms with Crippen LogP contribution >= 0.6 is 11.3 Å². The number of benzene rings is 11. The highest BCUT2D eigenvalue weighted by atomic mass is 32.2. The van der Waals surface area contributed by atoms with Gasteiger partial charge in [0.1, 0.15) is 0 Å². The third-order valence-corrected chi connectivity index (χ3v) is 29.2. The zero-order valence-electron chi connectivity index (χ0n) is 64.5.